The predicted octanol–water partition coefficient (Wildman–Crippen LogP) is 2.15. The van der Waals surface area contributed by atoms with E-state index in [1.165, 1.54) is 0 Å². The maximum atomic E-state index is 5.61. The van der Waals surface area contributed by atoms with Crippen molar-refractivity contribution < 1.29 is 18.9 Å². The fraction of sp³-hybridized carbons (Fsp3) is 0.500. The van der Waals surface area contributed by atoms with Gasteiger partial charge in [-0.1, -0.05) is 6.08 Å². The van der Waals surface area contributed by atoms with E-state index in [1.54, 1.807) is 7.11 Å². The lowest BCUT2D eigenvalue weighted by atomic mass is 10.1. The van der Waals surface area contributed by atoms with Crippen molar-refractivity contribution in [3.63, 3.8) is 0 Å². The lowest BCUT2D eigenvalue weighted by Gasteiger charge is -2.21. The van der Waals surface area contributed by atoms with E-state index in [0.717, 1.165) is 37.4 Å². The van der Waals surface area contributed by atoms with E-state index >= 15 is 0 Å². The molecule has 1 heterocycles. The summed E-state index contributed by atoms with van der Waals surface area (Å²) in [4.78, 5) is 0. The Hall–Kier alpha value is -1.72. The largest absolute Gasteiger partial charge is 0.493 e. The second-order valence-corrected chi connectivity index (χ2v) is 4.69. The standard InChI is InChI=1S/C16H23NO4/c1-3-4-6-19-7-5-17-12-13-10-14(18-2)16-15(11-13)20-8-9-21-16/h3,10-11,17H,1,4-9,12H2,2H3. The van der Waals surface area contributed by atoms with Gasteiger partial charge in [-0.3, -0.25) is 0 Å². The van der Waals surface area contributed by atoms with Gasteiger partial charge in [-0.15, -0.1) is 6.58 Å². The minimum absolute atomic E-state index is 0.559. The van der Waals surface area contributed by atoms with Gasteiger partial charge in [-0.2, -0.15) is 0 Å². The molecule has 0 aliphatic carbocycles. The highest BCUT2D eigenvalue weighted by Gasteiger charge is 2.18. The number of hydrogen-bond acceptors (Lipinski definition) is 5. The number of rotatable bonds is 9. The van der Waals surface area contributed by atoms with Crippen LogP contribution < -0.4 is 19.5 Å². The van der Waals surface area contributed by atoms with Crippen LogP contribution in [-0.2, 0) is 11.3 Å². The van der Waals surface area contributed by atoms with Crippen molar-refractivity contribution in [2.45, 2.75) is 13.0 Å². The quantitative estimate of drug-likeness (QED) is 0.558. The molecule has 0 spiro atoms. The zero-order valence-electron chi connectivity index (χ0n) is 12.5. The Morgan fingerprint density at radius 1 is 1.29 bits per heavy atom. The Kier molecular flexibility index (Phi) is 6.37. The summed E-state index contributed by atoms with van der Waals surface area (Å²) in [6.07, 6.45) is 2.74. The van der Waals surface area contributed by atoms with Crippen molar-refractivity contribution >= 4 is 0 Å². The van der Waals surface area contributed by atoms with Crippen LogP contribution in [0.25, 0.3) is 0 Å². The second-order valence-electron chi connectivity index (χ2n) is 4.69. The van der Waals surface area contributed by atoms with E-state index in [0.29, 0.717) is 31.3 Å². The van der Waals surface area contributed by atoms with Gasteiger partial charge in [0, 0.05) is 13.1 Å². The topological polar surface area (TPSA) is 49.0 Å². The first kappa shape index (κ1) is 15.7. The maximum Gasteiger partial charge on any atom is 0.203 e. The summed E-state index contributed by atoms with van der Waals surface area (Å²) >= 11 is 0. The molecule has 1 aliphatic rings. The third kappa shape index (κ3) is 4.65. The van der Waals surface area contributed by atoms with Crippen LogP contribution in [0.2, 0.25) is 0 Å². The average molecular weight is 293 g/mol. The molecule has 2 rings (SSSR count). The van der Waals surface area contributed by atoms with Crippen LogP contribution in [0.3, 0.4) is 0 Å². The Bertz CT molecular complexity index is 445. The summed E-state index contributed by atoms with van der Waals surface area (Å²) < 4.78 is 22.0. The van der Waals surface area contributed by atoms with Crippen LogP contribution in [0.15, 0.2) is 24.8 Å². The molecule has 5 nitrogen and oxygen atoms in total. The number of nitrogens with one attached hydrogen (secondary N) is 1. The van der Waals surface area contributed by atoms with Crippen LogP contribution >= 0.6 is 0 Å². The van der Waals surface area contributed by atoms with Crippen molar-refractivity contribution in [1.29, 1.82) is 0 Å². The van der Waals surface area contributed by atoms with Crippen molar-refractivity contribution in [2.24, 2.45) is 0 Å². The van der Waals surface area contributed by atoms with Gasteiger partial charge in [-0.25, -0.2) is 0 Å². The van der Waals surface area contributed by atoms with Gasteiger partial charge in [-0.05, 0) is 24.1 Å². The Morgan fingerprint density at radius 3 is 2.95 bits per heavy atom. The molecule has 1 aliphatic heterocycles. The van der Waals surface area contributed by atoms with Crippen molar-refractivity contribution in [3.8, 4) is 17.2 Å². The van der Waals surface area contributed by atoms with Crippen LogP contribution in [0.4, 0.5) is 0 Å². The average Bonchev–Trinajstić information content (AvgIpc) is 2.53. The first-order valence-electron chi connectivity index (χ1n) is 7.21. The van der Waals surface area contributed by atoms with E-state index in [1.807, 2.05) is 18.2 Å². The summed E-state index contributed by atoms with van der Waals surface area (Å²) in [5, 5.41) is 3.33. The van der Waals surface area contributed by atoms with Crippen LogP contribution in [0, 0.1) is 0 Å². The summed E-state index contributed by atoms with van der Waals surface area (Å²) in [7, 11) is 1.64. The molecule has 0 fully saturated rings. The minimum atomic E-state index is 0.559. The van der Waals surface area contributed by atoms with Gasteiger partial charge < -0.3 is 24.3 Å². The smallest absolute Gasteiger partial charge is 0.203 e. The highest BCUT2D eigenvalue weighted by atomic mass is 16.6. The first-order chi connectivity index (χ1) is 10.3. The number of ether oxygens (including phenoxy) is 4. The highest BCUT2D eigenvalue weighted by molar-refractivity contribution is 5.54. The summed E-state index contributed by atoms with van der Waals surface area (Å²) in [5.41, 5.74) is 1.10. The molecule has 0 radical (unpaired) electrons. The molecule has 0 amide bonds. The monoisotopic (exact) mass is 293 g/mol. The normalized spacial score (nSPS) is 13.0. The number of fused-ring (bicyclic) bond motifs is 1. The number of methoxy groups -OCH3 is 1. The molecule has 0 saturated carbocycles. The molecule has 1 N–H and O–H groups in total. The van der Waals surface area contributed by atoms with Gasteiger partial charge >= 0.3 is 0 Å². The van der Waals surface area contributed by atoms with Gasteiger partial charge in [0.25, 0.3) is 0 Å². The third-order valence-electron chi connectivity index (χ3n) is 3.11. The molecule has 21 heavy (non-hydrogen) atoms. The van der Waals surface area contributed by atoms with Crippen LogP contribution in [0.1, 0.15) is 12.0 Å². The molecule has 0 atom stereocenters. The number of benzene rings is 1. The molecule has 1 aromatic rings. The Balaban J connectivity index is 1.82. The first-order valence-corrected chi connectivity index (χ1v) is 7.21. The fourth-order valence-electron chi connectivity index (χ4n) is 2.08. The van der Waals surface area contributed by atoms with Crippen LogP contribution in [0.5, 0.6) is 17.2 Å². The minimum Gasteiger partial charge on any atom is -0.493 e. The molecule has 0 unspecified atom stereocenters. The zero-order chi connectivity index (χ0) is 14.9. The zero-order valence-corrected chi connectivity index (χ0v) is 12.5. The van der Waals surface area contributed by atoms with Gasteiger partial charge in [0.2, 0.25) is 5.75 Å². The Labute approximate surface area is 125 Å². The molecule has 5 heteroatoms. The maximum absolute atomic E-state index is 5.61. The van der Waals surface area contributed by atoms with E-state index in [2.05, 4.69) is 11.9 Å². The molecule has 0 aromatic heterocycles. The van der Waals surface area contributed by atoms with Crippen molar-refractivity contribution in [2.75, 3.05) is 40.1 Å². The summed E-state index contributed by atoms with van der Waals surface area (Å²) in [5.74, 6) is 2.16. The predicted molar refractivity (Wildman–Crippen MR) is 81.3 cm³/mol. The van der Waals surface area contributed by atoms with Gasteiger partial charge in [0.1, 0.15) is 13.2 Å². The molecule has 0 bridgehead atoms. The van der Waals surface area contributed by atoms with E-state index in [4.69, 9.17) is 18.9 Å². The summed E-state index contributed by atoms with van der Waals surface area (Å²) in [6, 6.07) is 3.96. The second kappa shape index (κ2) is 8.54. The molecule has 0 saturated heterocycles. The lowest BCUT2D eigenvalue weighted by Crippen LogP contribution is -2.20. The van der Waals surface area contributed by atoms with E-state index < -0.39 is 0 Å². The van der Waals surface area contributed by atoms with E-state index in [9.17, 15) is 0 Å². The third-order valence-corrected chi connectivity index (χ3v) is 3.11. The molecule has 1 aromatic carbocycles. The molecular formula is C16H23NO4. The molecule has 116 valence electrons. The molecular weight excluding hydrogens is 270 g/mol. The highest BCUT2D eigenvalue weighted by Crippen LogP contribution is 2.40. The van der Waals surface area contributed by atoms with E-state index in [-0.39, 0.29) is 0 Å². The fourth-order valence-corrected chi connectivity index (χ4v) is 2.08. The lowest BCUT2D eigenvalue weighted by molar-refractivity contribution is 0.140. The Morgan fingerprint density at radius 2 is 2.14 bits per heavy atom. The van der Waals surface area contributed by atoms with Crippen LogP contribution in [-0.4, -0.2) is 40.1 Å². The van der Waals surface area contributed by atoms with Gasteiger partial charge in [0.15, 0.2) is 11.5 Å². The summed E-state index contributed by atoms with van der Waals surface area (Å²) in [6.45, 7) is 7.74. The number of hydrogen-bond donors (Lipinski definition) is 1. The van der Waals surface area contributed by atoms with Crippen molar-refractivity contribution in [1.82, 2.24) is 5.32 Å². The van der Waals surface area contributed by atoms with Gasteiger partial charge in [0.05, 0.1) is 20.3 Å². The van der Waals surface area contributed by atoms with Crippen molar-refractivity contribution in [3.05, 3.63) is 30.4 Å². The SMILES string of the molecule is C=CCCOCCNCc1cc(OC)c2c(c1)OCCO2.